The molecule has 4 bridgehead atoms. The molecule has 88 valence electrons. The van der Waals surface area contributed by atoms with Crippen molar-refractivity contribution in [2.45, 2.75) is 19.8 Å². The minimum atomic E-state index is 0. The smallest absolute Gasteiger partial charge is 0.139 e. The average Bonchev–Trinajstić information content (AvgIpc) is 2.12. The van der Waals surface area contributed by atoms with Crippen molar-refractivity contribution in [1.29, 1.82) is 0 Å². The molecule has 5 heteroatoms. The molecule has 0 aromatic heterocycles. The van der Waals surface area contributed by atoms with Crippen molar-refractivity contribution >= 4 is 0 Å². The van der Waals surface area contributed by atoms with Crippen LogP contribution in [0.2, 0.25) is 0 Å². The van der Waals surface area contributed by atoms with Gasteiger partial charge in [-0.05, 0) is 6.42 Å². The summed E-state index contributed by atoms with van der Waals surface area (Å²) in [4.78, 5) is 7.77. The lowest BCUT2D eigenvalue weighted by Crippen LogP contribution is -3.00. The number of unbranched alkanes of at least 4 members (excludes halogenated alkanes) is 1. The first kappa shape index (κ1) is 12.0. The Kier molecular flexibility index (Phi) is 3.57. The Hall–Kier alpha value is 0.570. The highest BCUT2D eigenvalue weighted by Crippen LogP contribution is 2.28. The average molecular weight is 324 g/mol. The lowest BCUT2D eigenvalue weighted by Gasteiger charge is -2.60. The third kappa shape index (κ3) is 2.17. The molecule has 4 aliphatic heterocycles. The zero-order chi connectivity index (χ0) is 9.60. The van der Waals surface area contributed by atoms with Gasteiger partial charge < -0.3 is 24.0 Å². The minimum absolute atomic E-state index is 0. The van der Waals surface area contributed by atoms with Gasteiger partial charge in [0, 0.05) is 0 Å². The maximum absolute atomic E-state index is 2.59. The van der Waals surface area contributed by atoms with Gasteiger partial charge in [0.2, 0.25) is 0 Å². The van der Waals surface area contributed by atoms with Crippen LogP contribution in [0.1, 0.15) is 19.8 Å². The van der Waals surface area contributed by atoms with E-state index in [9.17, 15) is 0 Å². The lowest BCUT2D eigenvalue weighted by molar-refractivity contribution is -0.980. The second kappa shape index (κ2) is 4.44. The van der Waals surface area contributed by atoms with Crippen molar-refractivity contribution in [2.75, 3.05) is 46.6 Å². The van der Waals surface area contributed by atoms with E-state index in [0.717, 1.165) is 0 Å². The SMILES string of the molecule is CCCC[N+]12CN3CN(CN(C3)C1)C2.[I-]. The zero-order valence-corrected chi connectivity index (χ0v) is 11.7. The molecule has 0 N–H and O–H groups in total. The van der Waals surface area contributed by atoms with Crippen LogP contribution in [0.15, 0.2) is 0 Å². The minimum Gasteiger partial charge on any atom is -1.00 e. The molecular formula is C10H21IN4. The van der Waals surface area contributed by atoms with Crippen LogP contribution in [0, 0.1) is 0 Å². The van der Waals surface area contributed by atoms with E-state index >= 15 is 0 Å². The molecule has 0 spiro atoms. The van der Waals surface area contributed by atoms with Crippen molar-refractivity contribution in [3.8, 4) is 0 Å². The zero-order valence-electron chi connectivity index (χ0n) is 9.53. The van der Waals surface area contributed by atoms with Crippen molar-refractivity contribution in [3.05, 3.63) is 0 Å². The van der Waals surface area contributed by atoms with Gasteiger partial charge in [-0.15, -0.1) is 0 Å². The second-order valence-electron chi connectivity index (χ2n) is 5.28. The molecule has 0 amide bonds. The van der Waals surface area contributed by atoms with E-state index in [1.807, 2.05) is 0 Å². The number of quaternary nitrogens is 1. The van der Waals surface area contributed by atoms with Crippen LogP contribution in [0.3, 0.4) is 0 Å². The van der Waals surface area contributed by atoms with Crippen molar-refractivity contribution in [1.82, 2.24) is 14.7 Å². The summed E-state index contributed by atoms with van der Waals surface area (Å²) >= 11 is 0. The first-order valence-corrected chi connectivity index (χ1v) is 5.82. The number of hydrogen-bond donors (Lipinski definition) is 0. The second-order valence-corrected chi connectivity index (χ2v) is 5.28. The number of nitrogens with zero attached hydrogens (tertiary/aromatic N) is 4. The van der Waals surface area contributed by atoms with E-state index in [1.54, 1.807) is 0 Å². The lowest BCUT2D eigenvalue weighted by atomic mass is 10.2. The highest BCUT2D eigenvalue weighted by molar-refractivity contribution is 4.73. The van der Waals surface area contributed by atoms with Gasteiger partial charge in [0.15, 0.2) is 0 Å². The summed E-state index contributed by atoms with van der Waals surface area (Å²) < 4.78 is 1.31. The highest BCUT2D eigenvalue weighted by atomic mass is 127. The molecular weight excluding hydrogens is 303 g/mol. The number of hydrogen-bond acceptors (Lipinski definition) is 3. The number of rotatable bonds is 3. The topological polar surface area (TPSA) is 9.72 Å². The van der Waals surface area contributed by atoms with Crippen molar-refractivity contribution < 1.29 is 28.5 Å². The maximum Gasteiger partial charge on any atom is 0.139 e. The fourth-order valence-electron chi connectivity index (χ4n) is 3.36. The maximum atomic E-state index is 2.59. The van der Waals surface area contributed by atoms with Crippen LogP contribution in [0.25, 0.3) is 0 Å². The molecule has 0 radical (unpaired) electrons. The number of halogens is 1. The van der Waals surface area contributed by atoms with Gasteiger partial charge in [0.25, 0.3) is 0 Å². The predicted molar refractivity (Wildman–Crippen MR) is 54.8 cm³/mol. The quantitative estimate of drug-likeness (QED) is 0.413. The molecule has 15 heavy (non-hydrogen) atoms. The summed E-state index contributed by atoms with van der Waals surface area (Å²) in [5.41, 5.74) is 0. The Labute approximate surface area is 109 Å². The molecule has 0 atom stereocenters. The van der Waals surface area contributed by atoms with E-state index in [0.29, 0.717) is 0 Å². The Morgan fingerprint density at radius 2 is 1.40 bits per heavy atom. The Balaban J connectivity index is 0.000000853. The van der Waals surface area contributed by atoms with E-state index in [4.69, 9.17) is 0 Å². The van der Waals surface area contributed by atoms with Gasteiger partial charge in [-0.2, -0.15) is 0 Å². The van der Waals surface area contributed by atoms with E-state index < -0.39 is 0 Å². The van der Waals surface area contributed by atoms with Crippen LogP contribution < -0.4 is 24.0 Å². The van der Waals surface area contributed by atoms with Crippen molar-refractivity contribution in [3.63, 3.8) is 0 Å². The predicted octanol–water partition coefficient (Wildman–Crippen LogP) is -2.70. The van der Waals surface area contributed by atoms with Gasteiger partial charge in [-0.3, -0.25) is 4.48 Å². The Morgan fingerprint density at radius 1 is 0.933 bits per heavy atom. The Morgan fingerprint density at radius 3 is 1.80 bits per heavy atom. The molecule has 4 nitrogen and oxygen atoms in total. The normalized spacial score (nSPS) is 46.6. The van der Waals surface area contributed by atoms with Crippen LogP contribution in [-0.2, 0) is 0 Å². The largest absolute Gasteiger partial charge is 1.00 e. The summed E-state index contributed by atoms with van der Waals surface area (Å²) in [6.07, 6.45) is 2.72. The van der Waals surface area contributed by atoms with Crippen LogP contribution in [0.5, 0.6) is 0 Å². The molecule has 0 saturated carbocycles. The van der Waals surface area contributed by atoms with Gasteiger partial charge >= 0.3 is 0 Å². The van der Waals surface area contributed by atoms with E-state index in [2.05, 4.69) is 21.6 Å². The van der Waals surface area contributed by atoms with Gasteiger partial charge in [0.1, 0.15) is 20.0 Å². The van der Waals surface area contributed by atoms with Gasteiger partial charge in [0.05, 0.1) is 26.6 Å². The Bertz CT molecular complexity index is 198. The van der Waals surface area contributed by atoms with Crippen LogP contribution in [-0.4, -0.2) is 65.7 Å². The first-order chi connectivity index (χ1) is 6.80. The summed E-state index contributed by atoms with van der Waals surface area (Å²) in [5, 5.41) is 0. The summed E-state index contributed by atoms with van der Waals surface area (Å²) in [7, 11) is 0. The first-order valence-electron chi connectivity index (χ1n) is 5.82. The molecule has 4 rings (SSSR count). The molecule has 0 aliphatic carbocycles. The summed E-state index contributed by atoms with van der Waals surface area (Å²) in [6, 6.07) is 0. The highest BCUT2D eigenvalue weighted by Gasteiger charge is 2.47. The van der Waals surface area contributed by atoms with Gasteiger partial charge in [-0.25, -0.2) is 14.7 Å². The van der Waals surface area contributed by atoms with Crippen molar-refractivity contribution in [2.24, 2.45) is 0 Å². The molecule has 0 aromatic carbocycles. The van der Waals surface area contributed by atoms with Crippen LogP contribution in [0.4, 0.5) is 0 Å². The fourth-order valence-corrected chi connectivity index (χ4v) is 3.36. The molecule has 4 aliphatic rings. The van der Waals surface area contributed by atoms with E-state index in [1.165, 1.54) is 63.9 Å². The molecule has 4 saturated heterocycles. The van der Waals surface area contributed by atoms with Crippen LogP contribution >= 0.6 is 0 Å². The van der Waals surface area contributed by atoms with E-state index in [-0.39, 0.29) is 24.0 Å². The molecule has 0 aromatic rings. The summed E-state index contributed by atoms with van der Waals surface area (Å²) in [6.45, 7) is 11.2. The third-order valence-electron chi connectivity index (χ3n) is 3.69. The monoisotopic (exact) mass is 324 g/mol. The third-order valence-corrected chi connectivity index (χ3v) is 3.69. The van der Waals surface area contributed by atoms with Gasteiger partial charge in [-0.1, -0.05) is 13.3 Å². The standard InChI is InChI=1S/C10H21N4.HI/c1-2-3-4-14-8-11-5-12(9-14)7-13(6-11)10-14;/h2-10H2,1H3;1H/q+1;/p-1. The fraction of sp³-hybridized carbons (Fsp3) is 1.00. The molecule has 0 unspecified atom stereocenters. The summed E-state index contributed by atoms with van der Waals surface area (Å²) in [5.74, 6) is 0. The molecule has 4 heterocycles. The molecule has 4 fully saturated rings.